The summed E-state index contributed by atoms with van der Waals surface area (Å²) in [6.45, 7) is 1.63. The quantitative estimate of drug-likeness (QED) is 0.248. The maximum Gasteiger partial charge on any atom is 0.166 e. The average Bonchev–Trinajstić information content (AvgIpc) is 2.69. The van der Waals surface area contributed by atoms with E-state index in [-0.39, 0.29) is 10.9 Å². The Morgan fingerprint density at radius 3 is 1.93 bits per heavy atom. The minimum absolute atomic E-state index is 0.0705. The molecular formula is C25H14F4. The highest BCUT2D eigenvalue weighted by Gasteiger charge is 2.12. The van der Waals surface area contributed by atoms with E-state index in [4.69, 9.17) is 0 Å². The molecule has 0 aromatic heterocycles. The molecule has 4 rings (SSSR count). The molecule has 0 saturated carbocycles. The molecule has 0 aliphatic carbocycles. The van der Waals surface area contributed by atoms with E-state index in [0.717, 1.165) is 6.07 Å². The third kappa shape index (κ3) is 3.72. The number of hydrogen-bond acceptors (Lipinski definition) is 0. The molecule has 4 aromatic rings. The zero-order valence-corrected chi connectivity index (χ0v) is 15.4. The van der Waals surface area contributed by atoms with Crippen molar-refractivity contribution in [2.24, 2.45) is 0 Å². The average molecular weight is 390 g/mol. The lowest BCUT2D eigenvalue weighted by Gasteiger charge is -2.06. The first-order valence-electron chi connectivity index (χ1n) is 8.88. The van der Waals surface area contributed by atoms with Gasteiger partial charge in [0.15, 0.2) is 11.6 Å². The summed E-state index contributed by atoms with van der Waals surface area (Å²) in [6.07, 6.45) is 0. The summed E-state index contributed by atoms with van der Waals surface area (Å²) < 4.78 is 55.3. The van der Waals surface area contributed by atoms with Crippen molar-refractivity contribution in [3.05, 3.63) is 107 Å². The lowest BCUT2D eigenvalue weighted by molar-refractivity contribution is 0.517. The molecule has 0 aliphatic rings. The predicted octanol–water partition coefficient (Wildman–Crippen LogP) is 6.77. The SMILES string of the molecule is Cc1cc(F)c(-c2ccc(C#Cc3ccc4c(F)c(F)ccc4c3)cc2)c(F)c1. The fourth-order valence-electron chi connectivity index (χ4n) is 3.18. The summed E-state index contributed by atoms with van der Waals surface area (Å²) in [5, 5.41) is 0.749. The Bertz CT molecular complexity index is 1270. The van der Waals surface area contributed by atoms with Gasteiger partial charge in [-0.15, -0.1) is 0 Å². The lowest BCUT2D eigenvalue weighted by atomic mass is 10.0. The summed E-state index contributed by atoms with van der Waals surface area (Å²) in [5.74, 6) is 2.93. The molecule has 0 bridgehead atoms. The van der Waals surface area contributed by atoms with Crippen LogP contribution in [0.4, 0.5) is 17.6 Å². The largest absolute Gasteiger partial charge is 0.206 e. The van der Waals surface area contributed by atoms with E-state index in [0.29, 0.717) is 27.6 Å². The maximum absolute atomic E-state index is 14.1. The van der Waals surface area contributed by atoms with Crippen molar-refractivity contribution in [1.29, 1.82) is 0 Å². The van der Waals surface area contributed by atoms with E-state index in [1.54, 1.807) is 43.3 Å². The Kier molecular flexibility index (Phi) is 4.82. The van der Waals surface area contributed by atoms with Crippen molar-refractivity contribution in [3.63, 3.8) is 0 Å². The van der Waals surface area contributed by atoms with Gasteiger partial charge in [0, 0.05) is 16.5 Å². The highest BCUT2D eigenvalue weighted by Crippen LogP contribution is 2.27. The zero-order valence-electron chi connectivity index (χ0n) is 15.4. The third-order valence-corrected chi connectivity index (χ3v) is 4.62. The number of halogens is 4. The molecular weight excluding hydrogens is 376 g/mol. The molecule has 0 heterocycles. The molecule has 0 saturated heterocycles. The number of rotatable bonds is 1. The highest BCUT2D eigenvalue weighted by molar-refractivity contribution is 5.84. The highest BCUT2D eigenvalue weighted by atomic mass is 19.2. The van der Waals surface area contributed by atoms with Gasteiger partial charge in [-0.1, -0.05) is 36.1 Å². The van der Waals surface area contributed by atoms with Crippen LogP contribution in [0.3, 0.4) is 0 Å². The van der Waals surface area contributed by atoms with Crippen LogP contribution in [0.25, 0.3) is 21.9 Å². The number of fused-ring (bicyclic) bond motifs is 1. The van der Waals surface area contributed by atoms with Crippen LogP contribution in [0.2, 0.25) is 0 Å². The molecule has 142 valence electrons. The van der Waals surface area contributed by atoms with Gasteiger partial charge in [-0.25, -0.2) is 17.6 Å². The van der Waals surface area contributed by atoms with Crippen LogP contribution in [0.1, 0.15) is 16.7 Å². The summed E-state index contributed by atoms with van der Waals surface area (Å²) in [6, 6.07) is 16.5. The van der Waals surface area contributed by atoms with Crippen molar-refractivity contribution < 1.29 is 17.6 Å². The molecule has 0 spiro atoms. The van der Waals surface area contributed by atoms with Gasteiger partial charge in [0.05, 0.1) is 5.56 Å². The smallest absolute Gasteiger partial charge is 0.166 e. The second-order valence-corrected chi connectivity index (χ2v) is 6.73. The van der Waals surface area contributed by atoms with Crippen molar-refractivity contribution >= 4 is 10.8 Å². The van der Waals surface area contributed by atoms with Crippen LogP contribution in [-0.4, -0.2) is 0 Å². The zero-order chi connectivity index (χ0) is 20.5. The minimum Gasteiger partial charge on any atom is -0.206 e. The van der Waals surface area contributed by atoms with Crippen LogP contribution < -0.4 is 0 Å². The molecule has 0 nitrogen and oxygen atoms in total. The molecule has 0 N–H and O–H groups in total. The second kappa shape index (κ2) is 7.44. The van der Waals surface area contributed by atoms with Gasteiger partial charge in [0.2, 0.25) is 0 Å². The van der Waals surface area contributed by atoms with Gasteiger partial charge in [0.25, 0.3) is 0 Å². The van der Waals surface area contributed by atoms with Crippen molar-refractivity contribution in [2.45, 2.75) is 6.92 Å². The van der Waals surface area contributed by atoms with Gasteiger partial charge in [0.1, 0.15) is 11.6 Å². The fourth-order valence-corrected chi connectivity index (χ4v) is 3.18. The van der Waals surface area contributed by atoms with Gasteiger partial charge >= 0.3 is 0 Å². The standard InChI is InChI=1S/C25H14F4/c1-15-12-22(27)24(23(28)13-15)18-7-4-16(5-8-18)2-3-17-6-10-20-19(14-17)9-11-21(26)25(20)29/h4-14H,1H3. The summed E-state index contributed by atoms with van der Waals surface area (Å²) in [4.78, 5) is 0. The van der Waals surface area contributed by atoms with E-state index >= 15 is 0 Å². The first-order chi connectivity index (χ1) is 13.9. The van der Waals surface area contributed by atoms with E-state index in [1.165, 1.54) is 24.3 Å². The van der Waals surface area contributed by atoms with Crippen molar-refractivity contribution in [3.8, 4) is 23.0 Å². The molecule has 0 atom stereocenters. The van der Waals surface area contributed by atoms with Crippen LogP contribution in [0, 0.1) is 42.0 Å². The summed E-state index contributed by atoms with van der Waals surface area (Å²) in [5.41, 5.74) is 2.17. The molecule has 0 aliphatic heterocycles. The predicted molar refractivity (Wildman–Crippen MR) is 106 cm³/mol. The Morgan fingerprint density at radius 2 is 1.24 bits per heavy atom. The Hall–Kier alpha value is -3.58. The first-order valence-corrected chi connectivity index (χ1v) is 8.88. The second-order valence-electron chi connectivity index (χ2n) is 6.73. The number of hydrogen-bond donors (Lipinski definition) is 0. The van der Waals surface area contributed by atoms with Crippen LogP contribution in [0.5, 0.6) is 0 Å². The molecule has 0 fully saturated rings. The Morgan fingerprint density at radius 1 is 0.621 bits per heavy atom. The van der Waals surface area contributed by atoms with Crippen LogP contribution in [-0.2, 0) is 0 Å². The van der Waals surface area contributed by atoms with Crippen molar-refractivity contribution in [1.82, 2.24) is 0 Å². The minimum atomic E-state index is -0.891. The van der Waals surface area contributed by atoms with Gasteiger partial charge < -0.3 is 0 Å². The molecule has 29 heavy (non-hydrogen) atoms. The summed E-state index contributed by atoms with van der Waals surface area (Å²) in [7, 11) is 0. The molecule has 0 amide bonds. The normalized spacial score (nSPS) is 10.7. The number of benzene rings is 4. The van der Waals surface area contributed by atoms with Crippen LogP contribution >= 0.6 is 0 Å². The van der Waals surface area contributed by atoms with E-state index in [9.17, 15) is 17.6 Å². The number of aryl methyl sites for hydroxylation is 1. The lowest BCUT2D eigenvalue weighted by Crippen LogP contribution is -1.92. The van der Waals surface area contributed by atoms with Gasteiger partial charge in [-0.3, -0.25) is 0 Å². The maximum atomic E-state index is 14.1. The third-order valence-electron chi connectivity index (χ3n) is 4.62. The van der Waals surface area contributed by atoms with Crippen molar-refractivity contribution in [2.75, 3.05) is 0 Å². The Labute approximate surface area is 165 Å². The Balaban J connectivity index is 1.63. The topological polar surface area (TPSA) is 0 Å². The van der Waals surface area contributed by atoms with E-state index in [1.807, 2.05) is 0 Å². The molecule has 0 radical (unpaired) electrons. The fraction of sp³-hybridized carbons (Fsp3) is 0.0400. The first kappa shape index (κ1) is 18.8. The molecule has 0 unspecified atom stereocenters. The van der Waals surface area contributed by atoms with E-state index in [2.05, 4.69) is 11.8 Å². The molecule has 4 heteroatoms. The summed E-state index contributed by atoms with van der Waals surface area (Å²) >= 11 is 0. The van der Waals surface area contributed by atoms with E-state index < -0.39 is 23.3 Å². The monoisotopic (exact) mass is 390 g/mol. The van der Waals surface area contributed by atoms with Gasteiger partial charge in [-0.2, -0.15) is 0 Å². The van der Waals surface area contributed by atoms with Crippen LogP contribution in [0.15, 0.2) is 66.7 Å². The molecule has 4 aromatic carbocycles. The van der Waals surface area contributed by atoms with Gasteiger partial charge in [-0.05, 0) is 65.9 Å².